The van der Waals surface area contributed by atoms with E-state index in [1.165, 1.54) is 4.90 Å². The van der Waals surface area contributed by atoms with Gasteiger partial charge < -0.3 is 24.6 Å². The molecule has 0 saturated carbocycles. The Morgan fingerprint density at radius 2 is 1.93 bits per heavy atom. The molecule has 0 aromatic carbocycles. The van der Waals surface area contributed by atoms with Crippen molar-refractivity contribution in [1.82, 2.24) is 15.1 Å². The lowest BCUT2D eigenvalue weighted by molar-refractivity contribution is -0.127. The fourth-order valence-corrected chi connectivity index (χ4v) is 4.11. The zero-order valence-corrected chi connectivity index (χ0v) is 17.7. The maximum absolute atomic E-state index is 12.1. The molecule has 0 aromatic heterocycles. The van der Waals surface area contributed by atoms with E-state index in [-0.39, 0.29) is 11.6 Å². The fraction of sp³-hybridized carbons (Fsp3) is 0.684. The van der Waals surface area contributed by atoms with Crippen molar-refractivity contribution in [1.29, 1.82) is 10.5 Å². The van der Waals surface area contributed by atoms with Gasteiger partial charge in [0.15, 0.2) is 0 Å². The number of carbonyl (C=O) groups excluding carboxylic acids is 2. The second-order valence-corrected chi connectivity index (χ2v) is 7.59. The maximum atomic E-state index is 12.1. The Morgan fingerprint density at radius 3 is 2.38 bits per heavy atom. The summed E-state index contributed by atoms with van der Waals surface area (Å²) in [5, 5.41) is 21.4. The van der Waals surface area contributed by atoms with E-state index in [4.69, 9.17) is 9.47 Å². The van der Waals surface area contributed by atoms with Crippen LogP contribution in [0, 0.1) is 34.0 Å². The number of carbonyl (C=O) groups is 2. The van der Waals surface area contributed by atoms with Gasteiger partial charge in [0, 0.05) is 31.6 Å². The highest BCUT2D eigenvalue weighted by Crippen LogP contribution is 2.48. The zero-order chi connectivity index (χ0) is 21.4. The van der Waals surface area contributed by atoms with Crippen LogP contribution in [0.5, 0.6) is 0 Å². The number of thiol groups is 1. The summed E-state index contributed by atoms with van der Waals surface area (Å²) in [4.78, 5) is 27.6. The molecule has 2 saturated heterocycles. The van der Waals surface area contributed by atoms with Gasteiger partial charge in [0.25, 0.3) is 0 Å². The van der Waals surface area contributed by atoms with Crippen molar-refractivity contribution < 1.29 is 19.1 Å². The molecular weight excluding hydrogens is 394 g/mol. The van der Waals surface area contributed by atoms with Crippen LogP contribution < -0.4 is 5.32 Å². The van der Waals surface area contributed by atoms with Gasteiger partial charge in [0.05, 0.1) is 42.6 Å². The van der Waals surface area contributed by atoms with Crippen molar-refractivity contribution in [3.05, 3.63) is 10.6 Å². The van der Waals surface area contributed by atoms with E-state index in [2.05, 4.69) is 36.0 Å². The van der Waals surface area contributed by atoms with Crippen LogP contribution in [-0.4, -0.2) is 74.8 Å². The zero-order valence-electron chi connectivity index (χ0n) is 16.8. The van der Waals surface area contributed by atoms with E-state index in [1.807, 2.05) is 6.07 Å². The number of nitrogens with zero attached hydrogens (tertiary/aromatic N) is 4. The SMILES string of the molecule is CCOC(=O)N1CCC2(CC1)C(C#N)=C(S)NC(=O)C2C#N.CN1CCOCC1. The molecule has 3 rings (SSSR count). The second-order valence-electron chi connectivity index (χ2n) is 7.14. The minimum atomic E-state index is -0.956. The van der Waals surface area contributed by atoms with E-state index in [0.29, 0.717) is 31.5 Å². The Kier molecular flexibility index (Phi) is 8.32. The lowest BCUT2D eigenvalue weighted by atomic mass is 9.63. The van der Waals surface area contributed by atoms with Gasteiger partial charge >= 0.3 is 6.09 Å². The third-order valence-corrected chi connectivity index (χ3v) is 5.78. The molecule has 158 valence electrons. The van der Waals surface area contributed by atoms with Crippen molar-refractivity contribution in [2.45, 2.75) is 19.8 Å². The van der Waals surface area contributed by atoms with Crippen molar-refractivity contribution in [2.24, 2.45) is 11.3 Å². The summed E-state index contributed by atoms with van der Waals surface area (Å²) in [6, 6.07) is 4.07. The van der Waals surface area contributed by atoms with Gasteiger partial charge in [0.2, 0.25) is 5.91 Å². The van der Waals surface area contributed by atoms with Gasteiger partial charge in [0.1, 0.15) is 5.92 Å². The normalized spacial score (nSPS) is 24.0. The largest absolute Gasteiger partial charge is 0.450 e. The Balaban J connectivity index is 0.000000360. The summed E-state index contributed by atoms with van der Waals surface area (Å²) in [6.45, 7) is 6.69. The van der Waals surface area contributed by atoms with E-state index in [0.717, 1.165) is 26.3 Å². The Morgan fingerprint density at radius 1 is 1.31 bits per heavy atom. The number of amides is 2. The molecule has 2 amide bonds. The van der Waals surface area contributed by atoms with Gasteiger partial charge in [-0.3, -0.25) is 4.79 Å². The molecule has 3 aliphatic rings. The molecule has 1 spiro atoms. The quantitative estimate of drug-likeness (QED) is 0.609. The third kappa shape index (κ3) is 5.21. The molecule has 0 aliphatic carbocycles. The smallest absolute Gasteiger partial charge is 0.409 e. The summed E-state index contributed by atoms with van der Waals surface area (Å²) < 4.78 is 10.1. The highest BCUT2D eigenvalue weighted by atomic mass is 32.1. The molecule has 9 nitrogen and oxygen atoms in total. The standard InChI is InChI=1S/C14H16N4O3S.C5H11NO/c1-2-21-13(20)18-5-3-14(4-6-18)9(7-15)11(19)17-12(22)10(14)8-16;1-6-2-4-7-5-3-6/h9,22H,2-6H2,1H3,(H,17,19);2-5H2,1H3. The number of allylic oxidation sites excluding steroid dienone is 1. The van der Waals surface area contributed by atoms with Crippen molar-refractivity contribution in [2.75, 3.05) is 53.0 Å². The minimum Gasteiger partial charge on any atom is -0.450 e. The van der Waals surface area contributed by atoms with Crippen LogP contribution in [0.2, 0.25) is 0 Å². The predicted molar refractivity (Wildman–Crippen MR) is 107 cm³/mol. The molecule has 1 N–H and O–H groups in total. The topological polar surface area (TPSA) is 119 Å². The highest BCUT2D eigenvalue weighted by Gasteiger charge is 2.52. The average molecular weight is 422 g/mol. The highest BCUT2D eigenvalue weighted by molar-refractivity contribution is 7.84. The number of likely N-dealkylation sites (tertiary alicyclic amines) is 1. The second kappa shape index (κ2) is 10.5. The first-order chi connectivity index (χ1) is 13.9. The van der Waals surface area contributed by atoms with Crippen LogP contribution in [0.25, 0.3) is 0 Å². The Labute approximate surface area is 176 Å². The van der Waals surface area contributed by atoms with E-state index >= 15 is 0 Å². The predicted octanol–water partition coefficient (Wildman–Crippen LogP) is 1.11. The van der Waals surface area contributed by atoms with Gasteiger partial charge in [-0.25, -0.2) is 4.79 Å². The number of ether oxygens (including phenoxy) is 2. The fourth-order valence-electron chi connectivity index (χ4n) is 3.73. The molecule has 2 fully saturated rings. The summed E-state index contributed by atoms with van der Waals surface area (Å²) in [7, 11) is 2.11. The number of nitriles is 2. The first kappa shape index (κ1) is 23.0. The molecule has 10 heteroatoms. The van der Waals surface area contributed by atoms with Crippen LogP contribution in [0.4, 0.5) is 4.79 Å². The first-order valence-corrected chi connectivity index (χ1v) is 10.1. The average Bonchev–Trinajstić information content (AvgIpc) is 2.70. The number of nitrogens with one attached hydrogen (secondary N) is 1. The molecule has 0 aromatic rings. The Bertz CT molecular complexity index is 728. The number of rotatable bonds is 1. The molecule has 1 atom stereocenters. The molecule has 1 unspecified atom stereocenters. The molecule has 3 heterocycles. The van der Waals surface area contributed by atoms with E-state index in [9.17, 15) is 20.1 Å². The molecule has 29 heavy (non-hydrogen) atoms. The van der Waals surface area contributed by atoms with E-state index < -0.39 is 23.3 Å². The molecule has 0 radical (unpaired) electrons. The number of hydrogen-bond acceptors (Lipinski definition) is 8. The monoisotopic (exact) mass is 421 g/mol. The molecule has 0 bridgehead atoms. The maximum Gasteiger partial charge on any atom is 0.409 e. The van der Waals surface area contributed by atoms with Gasteiger partial charge in [-0.2, -0.15) is 10.5 Å². The van der Waals surface area contributed by atoms with Crippen molar-refractivity contribution in [3.8, 4) is 12.1 Å². The number of piperidine rings is 1. The van der Waals surface area contributed by atoms with Crippen molar-refractivity contribution >= 4 is 24.6 Å². The lowest BCUT2D eigenvalue weighted by Crippen LogP contribution is -2.53. The Hall–Kier alpha value is -2.27. The summed E-state index contributed by atoms with van der Waals surface area (Å²) >= 11 is 4.17. The summed E-state index contributed by atoms with van der Waals surface area (Å²) in [6.07, 6.45) is 0.286. The third-order valence-electron chi connectivity index (χ3n) is 5.45. The number of hydrogen-bond donors (Lipinski definition) is 2. The van der Waals surface area contributed by atoms with Crippen molar-refractivity contribution in [3.63, 3.8) is 0 Å². The molecular formula is C19H27N5O4S. The van der Waals surface area contributed by atoms with Gasteiger partial charge in [-0.05, 0) is 26.8 Å². The van der Waals surface area contributed by atoms with Gasteiger partial charge in [-0.1, -0.05) is 0 Å². The van der Waals surface area contributed by atoms with E-state index in [1.54, 1.807) is 6.92 Å². The van der Waals surface area contributed by atoms with Crippen LogP contribution in [0.15, 0.2) is 10.6 Å². The van der Waals surface area contributed by atoms with Crippen LogP contribution in [-0.2, 0) is 14.3 Å². The molecule has 3 aliphatic heterocycles. The van der Waals surface area contributed by atoms with Gasteiger partial charge in [-0.15, -0.1) is 12.6 Å². The summed E-state index contributed by atoms with van der Waals surface area (Å²) in [5.41, 5.74) is -0.572. The minimum absolute atomic E-state index is 0.198. The number of likely N-dealkylation sites (N-methyl/N-ethyl adjacent to an activating group) is 1. The van der Waals surface area contributed by atoms with Crippen LogP contribution in [0.1, 0.15) is 19.8 Å². The first-order valence-electron chi connectivity index (χ1n) is 9.62. The van der Waals surface area contributed by atoms with Crippen LogP contribution >= 0.6 is 12.6 Å². The lowest BCUT2D eigenvalue weighted by Gasteiger charge is -2.45. The summed E-state index contributed by atoms with van der Waals surface area (Å²) in [5.74, 6) is -1.40. The number of morpholine rings is 1. The van der Waals surface area contributed by atoms with Crippen LogP contribution in [0.3, 0.4) is 0 Å².